The van der Waals surface area contributed by atoms with Crippen LogP contribution in [0, 0.1) is 52.8 Å². The van der Waals surface area contributed by atoms with Crippen LogP contribution in [0.1, 0.15) is 125 Å². The molecule has 3 aliphatic rings. The van der Waals surface area contributed by atoms with E-state index in [2.05, 4.69) is 41.5 Å². The number of hydrogen-bond donors (Lipinski definition) is 0. The Morgan fingerprint density at radius 3 is 2.32 bits per heavy atom. The van der Waals surface area contributed by atoms with Gasteiger partial charge in [-0.25, -0.2) is 0 Å². The van der Waals surface area contributed by atoms with Crippen molar-refractivity contribution in [2.45, 2.75) is 125 Å². The van der Waals surface area contributed by atoms with Gasteiger partial charge < -0.3 is 0 Å². The van der Waals surface area contributed by atoms with Gasteiger partial charge in [-0.1, -0.05) is 86.5 Å². The van der Waals surface area contributed by atoms with Gasteiger partial charge in [0.2, 0.25) is 0 Å². The average Bonchev–Trinajstić information content (AvgIpc) is 2.99. The highest BCUT2D eigenvalue weighted by atomic mass is 14.6. The number of hydrogen-bond acceptors (Lipinski definition) is 0. The maximum Gasteiger partial charge on any atom is -0.0266 e. The van der Waals surface area contributed by atoms with Gasteiger partial charge in [0.1, 0.15) is 0 Å². The predicted octanol–water partition coefficient (Wildman–Crippen LogP) is 9.13. The zero-order chi connectivity index (χ0) is 20.3. The van der Waals surface area contributed by atoms with Crippen LogP contribution in [-0.4, -0.2) is 0 Å². The molecule has 3 fully saturated rings. The van der Waals surface area contributed by atoms with Crippen molar-refractivity contribution in [2.75, 3.05) is 0 Å². The lowest BCUT2D eigenvalue weighted by molar-refractivity contribution is -0.0186. The van der Waals surface area contributed by atoms with Crippen molar-refractivity contribution in [3.8, 4) is 0 Å². The summed E-state index contributed by atoms with van der Waals surface area (Å²) in [6.07, 6.45) is 19.7. The molecule has 0 saturated heterocycles. The molecule has 0 aromatic heterocycles. The maximum absolute atomic E-state index is 2.74. The zero-order valence-electron chi connectivity index (χ0n) is 20.3. The molecule has 0 radical (unpaired) electrons. The Labute approximate surface area is 178 Å². The van der Waals surface area contributed by atoms with Crippen molar-refractivity contribution in [3.05, 3.63) is 0 Å². The van der Waals surface area contributed by atoms with E-state index in [1.807, 2.05) is 0 Å². The van der Waals surface area contributed by atoms with Crippen LogP contribution in [0.2, 0.25) is 0 Å². The first-order valence-electron chi connectivity index (χ1n) is 13.3. The Bertz CT molecular complexity index is 465. The highest BCUT2D eigenvalue weighted by Crippen LogP contribution is 2.62. The first-order valence-corrected chi connectivity index (χ1v) is 13.3. The molecule has 0 spiro atoms. The second-order valence-electron chi connectivity index (χ2n) is 12.3. The number of rotatable bonds is 5. The summed E-state index contributed by atoms with van der Waals surface area (Å²) in [5, 5.41) is 0. The Balaban J connectivity index is 1.65. The summed E-state index contributed by atoms with van der Waals surface area (Å²) in [7, 11) is 0. The highest BCUT2D eigenvalue weighted by molar-refractivity contribution is 5.03. The van der Waals surface area contributed by atoms with Gasteiger partial charge in [0.15, 0.2) is 0 Å². The van der Waals surface area contributed by atoms with E-state index in [0.29, 0.717) is 5.41 Å². The first-order chi connectivity index (χ1) is 13.3. The lowest BCUT2D eigenvalue weighted by atomic mass is 9.54. The Hall–Kier alpha value is 0. The summed E-state index contributed by atoms with van der Waals surface area (Å²) in [4.78, 5) is 0. The highest BCUT2D eigenvalue weighted by Gasteiger charge is 2.53. The Kier molecular flexibility index (Phi) is 8.00. The van der Waals surface area contributed by atoms with Crippen molar-refractivity contribution < 1.29 is 0 Å². The molecule has 3 rings (SSSR count). The quantitative estimate of drug-likeness (QED) is 0.440. The van der Waals surface area contributed by atoms with Crippen LogP contribution in [0.3, 0.4) is 0 Å². The van der Waals surface area contributed by atoms with Gasteiger partial charge in [0.05, 0.1) is 0 Å². The van der Waals surface area contributed by atoms with E-state index in [9.17, 15) is 0 Å². The molecule has 164 valence electrons. The van der Waals surface area contributed by atoms with E-state index in [1.165, 1.54) is 51.4 Å². The SMILES string of the molecule is CC1CCCCC(C)C2CCC3(C)C(CCCC(C)C(C)C)CCC3C2CC1. The Morgan fingerprint density at radius 1 is 0.821 bits per heavy atom. The number of fused-ring (bicyclic) bond motifs is 3. The largest absolute Gasteiger partial charge is 0.0625 e. The topological polar surface area (TPSA) is 0 Å². The summed E-state index contributed by atoms with van der Waals surface area (Å²) in [6, 6.07) is 0. The fourth-order valence-electron chi connectivity index (χ4n) is 7.84. The van der Waals surface area contributed by atoms with Crippen molar-refractivity contribution >= 4 is 0 Å². The molecular formula is C28H52. The smallest absolute Gasteiger partial charge is 0.0266 e. The van der Waals surface area contributed by atoms with Gasteiger partial charge in [0, 0.05) is 0 Å². The van der Waals surface area contributed by atoms with Gasteiger partial charge in [0.25, 0.3) is 0 Å². The molecule has 0 bridgehead atoms. The molecular weight excluding hydrogens is 336 g/mol. The minimum Gasteiger partial charge on any atom is -0.0625 e. The fraction of sp³-hybridized carbons (Fsp3) is 1.00. The average molecular weight is 389 g/mol. The molecule has 0 heterocycles. The van der Waals surface area contributed by atoms with Crippen molar-refractivity contribution in [1.82, 2.24) is 0 Å². The molecule has 3 saturated carbocycles. The molecule has 0 amide bonds. The lowest BCUT2D eigenvalue weighted by Crippen LogP contribution is -2.43. The molecule has 0 nitrogen and oxygen atoms in total. The summed E-state index contributed by atoms with van der Waals surface area (Å²) in [5.74, 6) is 7.88. The van der Waals surface area contributed by atoms with E-state index in [0.717, 1.165) is 47.3 Å². The Morgan fingerprint density at radius 2 is 1.57 bits per heavy atom. The van der Waals surface area contributed by atoms with Crippen LogP contribution >= 0.6 is 0 Å². The van der Waals surface area contributed by atoms with Crippen LogP contribution in [0.4, 0.5) is 0 Å². The molecule has 8 unspecified atom stereocenters. The second-order valence-corrected chi connectivity index (χ2v) is 12.3. The molecule has 28 heavy (non-hydrogen) atoms. The van der Waals surface area contributed by atoms with Gasteiger partial charge >= 0.3 is 0 Å². The lowest BCUT2D eigenvalue weighted by Gasteiger charge is -2.51. The van der Waals surface area contributed by atoms with Crippen LogP contribution in [0.5, 0.6) is 0 Å². The zero-order valence-corrected chi connectivity index (χ0v) is 20.3. The van der Waals surface area contributed by atoms with Crippen LogP contribution < -0.4 is 0 Å². The maximum atomic E-state index is 2.74. The van der Waals surface area contributed by atoms with Crippen LogP contribution in [0.15, 0.2) is 0 Å². The summed E-state index contributed by atoms with van der Waals surface area (Å²) < 4.78 is 0. The van der Waals surface area contributed by atoms with E-state index >= 15 is 0 Å². The predicted molar refractivity (Wildman–Crippen MR) is 124 cm³/mol. The second kappa shape index (κ2) is 9.87. The van der Waals surface area contributed by atoms with E-state index in [4.69, 9.17) is 0 Å². The van der Waals surface area contributed by atoms with E-state index in [-0.39, 0.29) is 0 Å². The van der Waals surface area contributed by atoms with Crippen LogP contribution in [0.25, 0.3) is 0 Å². The standard InChI is InChI=1S/C28H52/c1-20(2)22(4)12-9-13-24-15-17-27-26-16-14-21(3)10-7-8-11-23(5)25(26)18-19-28(24,27)6/h20-27H,7-19H2,1-6H3. The molecule has 0 N–H and O–H groups in total. The van der Waals surface area contributed by atoms with Gasteiger partial charge in [-0.3, -0.25) is 0 Å². The summed E-state index contributed by atoms with van der Waals surface area (Å²) >= 11 is 0. The van der Waals surface area contributed by atoms with Crippen molar-refractivity contribution in [1.29, 1.82) is 0 Å². The third-order valence-electron chi connectivity index (χ3n) is 10.4. The monoisotopic (exact) mass is 388 g/mol. The third kappa shape index (κ3) is 5.00. The van der Waals surface area contributed by atoms with Crippen LogP contribution in [-0.2, 0) is 0 Å². The minimum absolute atomic E-state index is 0.676. The molecule has 0 aromatic carbocycles. The van der Waals surface area contributed by atoms with E-state index < -0.39 is 0 Å². The van der Waals surface area contributed by atoms with Gasteiger partial charge in [-0.05, 0) is 91.3 Å². The van der Waals surface area contributed by atoms with Gasteiger partial charge in [-0.15, -0.1) is 0 Å². The minimum atomic E-state index is 0.676. The molecule has 0 aliphatic heterocycles. The van der Waals surface area contributed by atoms with E-state index in [1.54, 1.807) is 32.1 Å². The molecule has 8 atom stereocenters. The third-order valence-corrected chi connectivity index (χ3v) is 10.4. The summed E-state index contributed by atoms with van der Waals surface area (Å²) in [6.45, 7) is 15.2. The summed E-state index contributed by atoms with van der Waals surface area (Å²) in [5.41, 5.74) is 0.676. The molecule has 3 aliphatic carbocycles. The van der Waals surface area contributed by atoms with Crippen molar-refractivity contribution in [3.63, 3.8) is 0 Å². The normalized spacial score (nSPS) is 43.4. The first kappa shape index (κ1) is 22.7. The van der Waals surface area contributed by atoms with Crippen molar-refractivity contribution in [2.24, 2.45) is 52.8 Å². The van der Waals surface area contributed by atoms with Gasteiger partial charge in [-0.2, -0.15) is 0 Å². The molecule has 0 aromatic rings. The fourth-order valence-corrected chi connectivity index (χ4v) is 7.84. The molecule has 0 heteroatoms.